The van der Waals surface area contributed by atoms with Crippen molar-refractivity contribution < 1.29 is 4.79 Å². The molecule has 1 aliphatic carbocycles. The fourth-order valence-electron chi connectivity index (χ4n) is 3.25. The van der Waals surface area contributed by atoms with Crippen molar-refractivity contribution >= 4 is 5.91 Å². The molecule has 0 heterocycles. The second kappa shape index (κ2) is 6.61. The topological polar surface area (TPSA) is 32.3 Å². The summed E-state index contributed by atoms with van der Waals surface area (Å²) in [4.78, 5) is 14.7. The predicted molar refractivity (Wildman–Crippen MR) is 87.2 cm³/mol. The number of amides is 1. The van der Waals surface area contributed by atoms with Crippen LogP contribution in [0, 0.1) is 12.3 Å². The van der Waals surface area contributed by atoms with Crippen molar-refractivity contribution in [3.05, 3.63) is 35.4 Å². The number of hydrogen-bond donors (Lipinski definition) is 1. The van der Waals surface area contributed by atoms with E-state index in [-0.39, 0.29) is 11.9 Å². The molecule has 2 rings (SSSR count). The summed E-state index contributed by atoms with van der Waals surface area (Å²) in [5, 5.41) is 3.20. The van der Waals surface area contributed by atoms with Gasteiger partial charge >= 0.3 is 0 Å². The summed E-state index contributed by atoms with van der Waals surface area (Å²) in [5.41, 5.74) is 2.62. The van der Waals surface area contributed by atoms with Gasteiger partial charge in [-0.25, -0.2) is 0 Å². The van der Waals surface area contributed by atoms with Crippen molar-refractivity contribution in [1.29, 1.82) is 0 Å². The Morgan fingerprint density at radius 2 is 2.00 bits per heavy atom. The Kier molecular flexibility index (Phi) is 5.04. The van der Waals surface area contributed by atoms with Crippen molar-refractivity contribution in [2.75, 3.05) is 20.6 Å². The van der Waals surface area contributed by atoms with Crippen LogP contribution in [0.1, 0.15) is 49.8 Å². The Balaban J connectivity index is 2.08. The van der Waals surface area contributed by atoms with Gasteiger partial charge in [0.25, 0.3) is 0 Å². The van der Waals surface area contributed by atoms with Crippen molar-refractivity contribution in [2.24, 2.45) is 5.41 Å². The molecule has 21 heavy (non-hydrogen) atoms. The van der Waals surface area contributed by atoms with Crippen molar-refractivity contribution in [3.63, 3.8) is 0 Å². The molecule has 1 amide bonds. The van der Waals surface area contributed by atoms with E-state index in [1.807, 2.05) is 31.1 Å². The van der Waals surface area contributed by atoms with Gasteiger partial charge in [-0.1, -0.05) is 37.6 Å². The molecule has 0 spiro atoms. The maximum Gasteiger partial charge on any atom is 0.241 e. The molecular formula is C18H28N2O. The minimum absolute atomic E-state index is 0.119. The van der Waals surface area contributed by atoms with E-state index in [2.05, 4.69) is 31.3 Å². The van der Waals surface area contributed by atoms with Crippen LogP contribution in [0.3, 0.4) is 0 Å². The highest BCUT2D eigenvalue weighted by Crippen LogP contribution is 2.43. The zero-order chi connectivity index (χ0) is 15.5. The van der Waals surface area contributed by atoms with E-state index in [1.54, 1.807) is 0 Å². The van der Waals surface area contributed by atoms with Crippen LogP contribution in [0.15, 0.2) is 24.3 Å². The van der Waals surface area contributed by atoms with Crippen LogP contribution in [0.5, 0.6) is 0 Å². The molecule has 0 aromatic heterocycles. The van der Waals surface area contributed by atoms with Crippen LogP contribution in [-0.2, 0) is 4.79 Å². The summed E-state index contributed by atoms with van der Waals surface area (Å²) < 4.78 is 0. The smallest absolute Gasteiger partial charge is 0.241 e. The summed E-state index contributed by atoms with van der Waals surface area (Å²) >= 11 is 0. The average Bonchev–Trinajstić information content (AvgIpc) is 2.40. The van der Waals surface area contributed by atoms with E-state index in [9.17, 15) is 4.79 Å². The standard InChI is InChI=1S/C18H28N2O/c1-5-18(11-8-12-18)13-19-17(21)16(20(3)4)15-10-7-6-9-14(15)2/h6-7,9-10,16H,5,8,11-13H2,1-4H3,(H,19,21). The normalized spacial score (nSPS) is 18.1. The lowest BCUT2D eigenvalue weighted by atomic mass is 9.67. The van der Waals surface area contributed by atoms with Gasteiger partial charge < -0.3 is 5.32 Å². The minimum Gasteiger partial charge on any atom is -0.354 e. The van der Waals surface area contributed by atoms with E-state index in [4.69, 9.17) is 0 Å². The number of rotatable bonds is 6. The second-order valence-corrected chi connectivity index (χ2v) is 6.65. The lowest BCUT2D eigenvalue weighted by Gasteiger charge is -2.41. The van der Waals surface area contributed by atoms with Crippen LogP contribution >= 0.6 is 0 Å². The summed E-state index contributed by atoms with van der Waals surface area (Å²) in [6.45, 7) is 5.12. The largest absolute Gasteiger partial charge is 0.354 e. The third-order valence-corrected chi connectivity index (χ3v) is 5.05. The zero-order valence-electron chi connectivity index (χ0n) is 13.8. The molecular weight excluding hydrogens is 260 g/mol. The van der Waals surface area contributed by atoms with E-state index in [0.29, 0.717) is 5.41 Å². The van der Waals surface area contributed by atoms with Gasteiger partial charge in [-0.05, 0) is 56.8 Å². The Morgan fingerprint density at radius 1 is 1.33 bits per heavy atom. The lowest BCUT2D eigenvalue weighted by Crippen LogP contribution is -2.45. The first kappa shape index (κ1) is 16.0. The molecule has 3 heteroatoms. The summed E-state index contributed by atoms with van der Waals surface area (Å²) in [5.74, 6) is 0.119. The monoisotopic (exact) mass is 288 g/mol. The van der Waals surface area contributed by atoms with Gasteiger partial charge in [-0.3, -0.25) is 9.69 Å². The second-order valence-electron chi connectivity index (χ2n) is 6.65. The number of carbonyl (C=O) groups is 1. The van der Waals surface area contributed by atoms with Crippen LogP contribution in [0.25, 0.3) is 0 Å². The van der Waals surface area contributed by atoms with Gasteiger partial charge in [0, 0.05) is 6.54 Å². The molecule has 1 fully saturated rings. The molecule has 0 aliphatic heterocycles. The highest BCUT2D eigenvalue weighted by molar-refractivity contribution is 5.83. The van der Waals surface area contributed by atoms with Crippen molar-refractivity contribution in [2.45, 2.75) is 45.6 Å². The van der Waals surface area contributed by atoms with Gasteiger partial charge in [0.2, 0.25) is 5.91 Å². The van der Waals surface area contributed by atoms with Crippen molar-refractivity contribution in [3.8, 4) is 0 Å². The van der Waals surface area contributed by atoms with E-state index >= 15 is 0 Å². The molecule has 1 aliphatic rings. The molecule has 1 N–H and O–H groups in total. The first-order chi connectivity index (χ1) is 9.99. The number of hydrogen-bond acceptors (Lipinski definition) is 2. The molecule has 1 unspecified atom stereocenters. The number of nitrogens with zero attached hydrogens (tertiary/aromatic N) is 1. The van der Waals surface area contributed by atoms with Gasteiger partial charge in [-0.2, -0.15) is 0 Å². The minimum atomic E-state index is -0.208. The SMILES string of the molecule is CCC1(CNC(=O)C(c2ccccc2C)N(C)C)CCC1. The molecule has 0 radical (unpaired) electrons. The fourth-order valence-corrected chi connectivity index (χ4v) is 3.25. The Labute approximate surface area is 128 Å². The summed E-state index contributed by atoms with van der Waals surface area (Å²) in [6, 6.07) is 7.94. The highest BCUT2D eigenvalue weighted by Gasteiger charge is 2.36. The van der Waals surface area contributed by atoms with Gasteiger partial charge in [0.1, 0.15) is 6.04 Å². The molecule has 116 valence electrons. The molecule has 1 saturated carbocycles. The Hall–Kier alpha value is -1.35. The van der Waals surface area contributed by atoms with Gasteiger partial charge in [-0.15, -0.1) is 0 Å². The van der Waals surface area contributed by atoms with E-state index in [0.717, 1.165) is 18.5 Å². The van der Waals surface area contributed by atoms with E-state index < -0.39 is 0 Å². The lowest BCUT2D eigenvalue weighted by molar-refractivity contribution is -0.126. The molecule has 3 nitrogen and oxygen atoms in total. The molecule has 0 bridgehead atoms. The number of carbonyl (C=O) groups excluding carboxylic acids is 1. The molecule has 1 aromatic carbocycles. The van der Waals surface area contributed by atoms with Crippen molar-refractivity contribution in [1.82, 2.24) is 10.2 Å². The zero-order valence-corrected chi connectivity index (χ0v) is 13.8. The summed E-state index contributed by atoms with van der Waals surface area (Å²) in [7, 11) is 3.94. The first-order valence-electron chi connectivity index (χ1n) is 7.99. The third kappa shape index (κ3) is 3.46. The maximum absolute atomic E-state index is 12.7. The van der Waals surface area contributed by atoms with E-state index in [1.165, 1.54) is 24.8 Å². The van der Waals surface area contributed by atoms with Gasteiger partial charge in [0.05, 0.1) is 0 Å². The van der Waals surface area contributed by atoms with Crippen LogP contribution in [0.4, 0.5) is 0 Å². The van der Waals surface area contributed by atoms with Gasteiger partial charge in [0.15, 0.2) is 0 Å². The number of benzene rings is 1. The number of likely N-dealkylation sites (N-methyl/N-ethyl adjacent to an activating group) is 1. The average molecular weight is 288 g/mol. The van der Waals surface area contributed by atoms with Crippen LogP contribution in [-0.4, -0.2) is 31.4 Å². The van der Waals surface area contributed by atoms with Crippen LogP contribution < -0.4 is 5.32 Å². The highest BCUT2D eigenvalue weighted by atomic mass is 16.2. The first-order valence-corrected chi connectivity index (χ1v) is 7.99. The number of nitrogens with one attached hydrogen (secondary N) is 1. The Morgan fingerprint density at radius 3 is 2.48 bits per heavy atom. The number of aryl methyl sites for hydroxylation is 1. The quantitative estimate of drug-likeness (QED) is 0.871. The predicted octanol–water partition coefficient (Wildman–Crippen LogP) is 3.29. The molecule has 0 saturated heterocycles. The molecule has 1 atom stereocenters. The summed E-state index contributed by atoms with van der Waals surface area (Å²) in [6.07, 6.45) is 4.96. The maximum atomic E-state index is 12.7. The fraction of sp³-hybridized carbons (Fsp3) is 0.611. The van der Waals surface area contributed by atoms with Crippen LogP contribution in [0.2, 0.25) is 0 Å². The third-order valence-electron chi connectivity index (χ3n) is 5.05. The Bertz CT molecular complexity index is 486. The molecule has 1 aromatic rings.